The van der Waals surface area contributed by atoms with Crippen molar-refractivity contribution in [3.63, 3.8) is 0 Å². The summed E-state index contributed by atoms with van der Waals surface area (Å²) in [4.78, 5) is 2.09. The molecule has 2 N–H and O–H groups in total. The average molecular weight is 257 g/mol. The Morgan fingerprint density at radius 3 is 2.62 bits per heavy atom. The third-order valence-corrected chi connectivity index (χ3v) is 3.38. The van der Waals surface area contributed by atoms with Gasteiger partial charge in [0.25, 0.3) is 0 Å². The maximum absolute atomic E-state index is 13.1. The Bertz CT molecular complexity index is 202. The highest BCUT2D eigenvalue weighted by Gasteiger charge is 2.36. The molecule has 1 saturated carbocycles. The molecule has 1 fully saturated rings. The summed E-state index contributed by atoms with van der Waals surface area (Å²) in [6, 6.07) is 0.278. The van der Waals surface area contributed by atoms with E-state index in [0.717, 1.165) is 13.0 Å². The van der Waals surface area contributed by atoms with Gasteiger partial charge in [0.15, 0.2) is 0 Å². The summed E-state index contributed by atoms with van der Waals surface area (Å²) >= 11 is 0. The van der Waals surface area contributed by atoms with Gasteiger partial charge in [0.05, 0.1) is 0 Å². The Labute approximate surface area is 103 Å². The lowest BCUT2D eigenvalue weighted by atomic mass is 9.86. The van der Waals surface area contributed by atoms with Gasteiger partial charge in [-0.1, -0.05) is 0 Å². The van der Waals surface area contributed by atoms with E-state index in [2.05, 4.69) is 4.90 Å². The molecule has 5 heteroatoms. The normalized spacial score (nSPS) is 26.2. The minimum atomic E-state index is -2.43. The van der Waals surface area contributed by atoms with Crippen LogP contribution in [0.15, 0.2) is 0 Å². The highest BCUT2D eigenvalue weighted by Crippen LogP contribution is 2.36. The zero-order chi connectivity index (χ0) is 11.5. The molecule has 0 heterocycles. The molecule has 0 aliphatic heterocycles. The molecule has 2 nitrogen and oxygen atoms in total. The second kappa shape index (κ2) is 6.72. The fourth-order valence-corrected chi connectivity index (χ4v) is 2.20. The van der Waals surface area contributed by atoms with Gasteiger partial charge in [-0.25, -0.2) is 8.78 Å². The van der Waals surface area contributed by atoms with Gasteiger partial charge >= 0.3 is 0 Å². The first-order valence-corrected chi connectivity index (χ1v) is 5.73. The molecule has 1 aliphatic rings. The highest BCUT2D eigenvalue weighted by atomic mass is 35.5. The van der Waals surface area contributed by atoms with E-state index in [4.69, 9.17) is 5.73 Å². The van der Waals surface area contributed by atoms with Crippen LogP contribution in [0.2, 0.25) is 0 Å². The van der Waals surface area contributed by atoms with Crippen LogP contribution in [-0.2, 0) is 0 Å². The zero-order valence-electron chi connectivity index (χ0n) is 10.1. The van der Waals surface area contributed by atoms with Crippen LogP contribution in [0.5, 0.6) is 0 Å². The van der Waals surface area contributed by atoms with Crippen LogP contribution in [0.4, 0.5) is 8.78 Å². The number of alkyl halides is 2. The lowest BCUT2D eigenvalue weighted by Crippen LogP contribution is -2.40. The molecule has 16 heavy (non-hydrogen) atoms. The smallest absolute Gasteiger partial charge is 0.248 e. The predicted octanol–water partition coefficient (Wildman–Crippen LogP) is 2.51. The van der Waals surface area contributed by atoms with Gasteiger partial charge in [0, 0.05) is 32.0 Å². The molecule has 0 aromatic carbocycles. The number of hydrogen-bond donors (Lipinski definition) is 1. The van der Waals surface area contributed by atoms with Gasteiger partial charge in [-0.2, -0.15) is 0 Å². The maximum Gasteiger partial charge on any atom is 0.248 e. The molecule has 0 aromatic rings. The molecule has 0 amide bonds. The second-order valence-electron chi connectivity index (χ2n) is 4.84. The van der Waals surface area contributed by atoms with Crippen molar-refractivity contribution in [1.29, 1.82) is 0 Å². The van der Waals surface area contributed by atoms with Gasteiger partial charge in [-0.15, -0.1) is 12.4 Å². The van der Waals surface area contributed by atoms with Gasteiger partial charge in [0.1, 0.15) is 0 Å². The van der Waals surface area contributed by atoms with Crippen LogP contribution >= 0.6 is 12.4 Å². The Hall–Kier alpha value is 0.0700. The van der Waals surface area contributed by atoms with E-state index in [1.165, 1.54) is 0 Å². The largest absolute Gasteiger partial charge is 0.329 e. The Balaban J connectivity index is 0.00000225. The summed E-state index contributed by atoms with van der Waals surface area (Å²) in [7, 11) is 1.96. The molecule has 1 rings (SSSR count). The van der Waals surface area contributed by atoms with Crippen LogP contribution in [0.25, 0.3) is 0 Å². The van der Waals surface area contributed by atoms with Gasteiger partial charge in [-0.05, 0) is 32.7 Å². The third-order valence-electron chi connectivity index (χ3n) is 3.38. The summed E-state index contributed by atoms with van der Waals surface area (Å²) < 4.78 is 26.3. The van der Waals surface area contributed by atoms with Crippen LogP contribution in [0.3, 0.4) is 0 Å². The molecule has 1 aliphatic carbocycles. The summed E-state index contributed by atoms with van der Waals surface area (Å²) in [5.74, 6) is -2.30. The fraction of sp³-hybridized carbons (Fsp3) is 1.00. The van der Waals surface area contributed by atoms with Crippen molar-refractivity contribution < 1.29 is 8.78 Å². The third kappa shape index (κ3) is 4.93. The number of halogens is 3. The zero-order valence-corrected chi connectivity index (χ0v) is 10.9. The quantitative estimate of drug-likeness (QED) is 0.838. The van der Waals surface area contributed by atoms with E-state index in [1.807, 2.05) is 14.0 Å². The van der Waals surface area contributed by atoms with Gasteiger partial charge in [-0.3, -0.25) is 0 Å². The fourth-order valence-electron chi connectivity index (χ4n) is 2.20. The molecule has 2 unspecified atom stereocenters. The molecular weight excluding hydrogens is 234 g/mol. The predicted molar refractivity (Wildman–Crippen MR) is 65.3 cm³/mol. The van der Waals surface area contributed by atoms with E-state index in [1.54, 1.807) is 0 Å². The first-order valence-electron chi connectivity index (χ1n) is 5.73. The molecule has 98 valence electrons. The second-order valence-corrected chi connectivity index (χ2v) is 4.84. The lowest BCUT2D eigenvalue weighted by Gasteiger charge is -2.33. The van der Waals surface area contributed by atoms with Crippen molar-refractivity contribution in [2.24, 2.45) is 11.7 Å². The van der Waals surface area contributed by atoms with Crippen LogP contribution in [-0.4, -0.2) is 37.0 Å². The molecule has 0 saturated heterocycles. The summed E-state index contributed by atoms with van der Waals surface area (Å²) in [6.07, 6.45) is 1.70. The molecule has 0 radical (unpaired) electrons. The summed E-state index contributed by atoms with van der Waals surface area (Å²) in [5.41, 5.74) is 5.54. The number of likely N-dealkylation sites (N-methyl/N-ethyl adjacent to an activating group) is 1. The van der Waals surface area contributed by atoms with Gasteiger partial charge < -0.3 is 10.6 Å². The Morgan fingerprint density at radius 2 is 2.12 bits per heavy atom. The van der Waals surface area contributed by atoms with E-state index in [-0.39, 0.29) is 37.2 Å². The van der Waals surface area contributed by atoms with Crippen molar-refractivity contribution >= 4 is 12.4 Å². The van der Waals surface area contributed by atoms with E-state index in [9.17, 15) is 8.78 Å². The van der Waals surface area contributed by atoms with E-state index < -0.39 is 5.92 Å². The average Bonchev–Trinajstić information content (AvgIpc) is 2.14. The summed E-state index contributed by atoms with van der Waals surface area (Å²) in [6.45, 7) is 3.36. The standard InChI is InChI=1S/C11H22F2N2.ClH/c1-9(7-14)15(2)8-10-4-3-5-11(12,13)6-10;/h9-10H,3-8,14H2,1-2H3;1H. The molecule has 0 bridgehead atoms. The van der Waals surface area contributed by atoms with Crippen molar-refractivity contribution in [3.05, 3.63) is 0 Å². The first-order chi connectivity index (χ1) is 6.94. The number of hydrogen-bond acceptors (Lipinski definition) is 2. The topological polar surface area (TPSA) is 29.3 Å². The molecule has 0 aromatic heterocycles. The lowest BCUT2D eigenvalue weighted by molar-refractivity contribution is -0.0570. The highest BCUT2D eigenvalue weighted by molar-refractivity contribution is 5.85. The number of rotatable bonds is 4. The van der Waals surface area contributed by atoms with E-state index >= 15 is 0 Å². The first kappa shape index (κ1) is 16.1. The monoisotopic (exact) mass is 256 g/mol. The van der Waals surface area contributed by atoms with Gasteiger partial charge in [0.2, 0.25) is 5.92 Å². The minimum absolute atomic E-state index is 0. The van der Waals surface area contributed by atoms with Crippen LogP contribution < -0.4 is 5.73 Å². The van der Waals surface area contributed by atoms with Crippen LogP contribution in [0.1, 0.15) is 32.6 Å². The summed E-state index contributed by atoms with van der Waals surface area (Å²) in [5, 5.41) is 0. The maximum atomic E-state index is 13.1. The SMILES string of the molecule is CC(CN)N(C)CC1CCCC(F)(F)C1.Cl. The Morgan fingerprint density at radius 1 is 1.50 bits per heavy atom. The molecule has 2 atom stereocenters. The Kier molecular flexibility index (Phi) is 6.75. The number of nitrogens with zero attached hydrogens (tertiary/aromatic N) is 1. The van der Waals surface area contributed by atoms with Crippen molar-refractivity contribution in [2.75, 3.05) is 20.1 Å². The van der Waals surface area contributed by atoms with Crippen LogP contribution in [0, 0.1) is 5.92 Å². The van der Waals surface area contributed by atoms with Crippen molar-refractivity contribution in [3.8, 4) is 0 Å². The minimum Gasteiger partial charge on any atom is -0.329 e. The number of nitrogens with two attached hydrogens (primary N) is 1. The molecular formula is C11H23ClF2N2. The molecule has 0 spiro atoms. The van der Waals surface area contributed by atoms with Crippen molar-refractivity contribution in [1.82, 2.24) is 4.90 Å². The van der Waals surface area contributed by atoms with E-state index in [0.29, 0.717) is 13.0 Å². The van der Waals surface area contributed by atoms with Crippen molar-refractivity contribution in [2.45, 2.75) is 44.6 Å².